The summed E-state index contributed by atoms with van der Waals surface area (Å²) >= 11 is 0. The summed E-state index contributed by atoms with van der Waals surface area (Å²) in [5.74, 6) is -0.0629. The maximum absolute atomic E-state index is 11.2. The minimum atomic E-state index is -0.530. The van der Waals surface area contributed by atoms with Gasteiger partial charge in [0.15, 0.2) is 5.76 Å². The maximum atomic E-state index is 11.2. The van der Waals surface area contributed by atoms with Gasteiger partial charge in [0.2, 0.25) is 11.2 Å². The fraction of sp³-hybridized carbons (Fsp3) is 0.444. The second-order valence-corrected chi connectivity index (χ2v) is 3.24. The zero-order valence-corrected chi connectivity index (χ0v) is 8.15. The number of aliphatic hydroxyl groups excluding tert-OH is 1. The summed E-state index contributed by atoms with van der Waals surface area (Å²) in [7, 11) is 3.57. The molecule has 0 aliphatic rings. The van der Waals surface area contributed by atoms with Crippen molar-refractivity contribution in [3.05, 3.63) is 27.8 Å². The van der Waals surface area contributed by atoms with Crippen molar-refractivity contribution >= 4 is 0 Å². The Morgan fingerprint density at radius 1 is 1.50 bits per heavy atom. The number of rotatable bonds is 3. The van der Waals surface area contributed by atoms with Crippen LogP contribution in [-0.2, 0) is 13.2 Å². The van der Waals surface area contributed by atoms with E-state index < -0.39 is 11.2 Å². The monoisotopic (exact) mass is 199 g/mol. The van der Waals surface area contributed by atoms with Crippen LogP contribution in [0.3, 0.4) is 0 Å². The summed E-state index contributed by atoms with van der Waals surface area (Å²) in [5.41, 5.74) is -0.530. The van der Waals surface area contributed by atoms with Gasteiger partial charge in [-0.05, 0) is 14.1 Å². The first-order chi connectivity index (χ1) is 6.54. The van der Waals surface area contributed by atoms with Crippen LogP contribution < -0.4 is 5.43 Å². The van der Waals surface area contributed by atoms with E-state index >= 15 is 0 Å². The summed E-state index contributed by atoms with van der Waals surface area (Å²) in [6.07, 6.45) is 0. The van der Waals surface area contributed by atoms with Crippen molar-refractivity contribution in [2.24, 2.45) is 0 Å². The van der Waals surface area contributed by atoms with E-state index in [2.05, 4.69) is 0 Å². The van der Waals surface area contributed by atoms with Crippen LogP contribution in [0.15, 0.2) is 15.3 Å². The average molecular weight is 199 g/mol. The van der Waals surface area contributed by atoms with E-state index in [-0.39, 0.29) is 18.1 Å². The van der Waals surface area contributed by atoms with E-state index in [1.165, 1.54) is 0 Å². The van der Waals surface area contributed by atoms with E-state index in [9.17, 15) is 9.90 Å². The molecule has 0 bridgehead atoms. The molecule has 0 fully saturated rings. The molecule has 0 saturated carbocycles. The third-order valence-electron chi connectivity index (χ3n) is 1.66. The summed E-state index contributed by atoms with van der Waals surface area (Å²) in [4.78, 5) is 12.9. The van der Waals surface area contributed by atoms with Gasteiger partial charge in [-0.25, -0.2) is 0 Å². The highest BCUT2D eigenvalue weighted by atomic mass is 16.4. The molecule has 2 N–H and O–H groups in total. The van der Waals surface area contributed by atoms with E-state index in [0.717, 1.165) is 6.07 Å². The molecule has 0 aromatic carbocycles. The summed E-state index contributed by atoms with van der Waals surface area (Å²) in [6, 6.07) is 1.08. The third kappa shape index (κ3) is 2.34. The largest absolute Gasteiger partial charge is 0.502 e. The van der Waals surface area contributed by atoms with Gasteiger partial charge in [0.25, 0.3) is 0 Å². The molecule has 14 heavy (non-hydrogen) atoms. The lowest BCUT2D eigenvalue weighted by Gasteiger charge is -2.10. The molecule has 0 radical (unpaired) electrons. The molecule has 78 valence electrons. The van der Waals surface area contributed by atoms with Gasteiger partial charge in [-0.15, -0.1) is 0 Å². The summed E-state index contributed by atoms with van der Waals surface area (Å²) in [5, 5.41) is 18.1. The molecule has 0 saturated heterocycles. The Balaban J connectivity index is 3.14. The zero-order valence-electron chi connectivity index (χ0n) is 8.15. The number of aliphatic hydroxyl groups is 1. The smallest absolute Gasteiger partial charge is 0.227 e. The van der Waals surface area contributed by atoms with Crippen LogP contribution in [0.4, 0.5) is 0 Å². The predicted molar refractivity (Wildman–Crippen MR) is 50.0 cm³/mol. The Labute approximate surface area is 81.2 Å². The normalized spacial score (nSPS) is 10.9. The molecule has 0 aliphatic carbocycles. The van der Waals surface area contributed by atoms with E-state index in [1.54, 1.807) is 19.0 Å². The van der Waals surface area contributed by atoms with Gasteiger partial charge in [0.1, 0.15) is 12.4 Å². The van der Waals surface area contributed by atoms with Gasteiger partial charge in [-0.1, -0.05) is 0 Å². The molecule has 5 heteroatoms. The maximum Gasteiger partial charge on any atom is 0.227 e. The van der Waals surface area contributed by atoms with Gasteiger partial charge < -0.3 is 19.5 Å². The van der Waals surface area contributed by atoms with Crippen LogP contribution in [0.2, 0.25) is 0 Å². The highest BCUT2D eigenvalue weighted by Gasteiger charge is 2.11. The molecular weight excluding hydrogens is 186 g/mol. The van der Waals surface area contributed by atoms with Crippen molar-refractivity contribution in [2.75, 3.05) is 14.1 Å². The predicted octanol–water partition coefficient (Wildman–Crippen LogP) is -0.101. The highest BCUT2D eigenvalue weighted by molar-refractivity contribution is 5.24. The topological polar surface area (TPSA) is 73.9 Å². The number of nitrogens with zero attached hydrogens (tertiary/aromatic N) is 1. The second kappa shape index (κ2) is 4.26. The third-order valence-corrected chi connectivity index (χ3v) is 1.66. The van der Waals surface area contributed by atoms with Crippen LogP contribution in [-0.4, -0.2) is 29.2 Å². The zero-order chi connectivity index (χ0) is 10.7. The summed E-state index contributed by atoms with van der Waals surface area (Å²) < 4.78 is 5.11. The minimum Gasteiger partial charge on any atom is -0.502 e. The second-order valence-electron chi connectivity index (χ2n) is 3.24. The first-order valence-corrected chi connectivity index (χ1v) is 4.15. The molecule has 1 aromatic rings. The Kier molecular flexibility index (Phi) is 3.27. The first kappa shape index (κ1) is 10.7. The van der Waals surface area contributed by atoms with Gasteiger partial charge in [-0.2, -0.15) is 0 Å². The SMILES string of the molecule is CN(C)Cc1oc(CO)cc(=O)c1O. The van der Waals surface area contributed by atoms with E-state index in [4.69, 9.17) is 9.52 Å². The van der Waals surface area contributed by atoms with Gasteiger partial charge >= 0.3 is 0 Å². The fourth-order valence-corrected chi connectivity index (χ4v) is 1.06. The average Bonchev–Trinajstić information content (AvgIpc) is 2.11. The van der Waals surface area contributed by atoms with Crippen molar-refractivity contribution in [3.8, 4) is 5.75 Å². The summed E-state index contributed by atoms with van der Waals surface area (Å²) in [6.45, 7) is -0.0368. The van der Waals surface area contributed by atoms with Gasteiger partial charge in [0, 0.05) is 6.07 Å². The Hall–Kier alpha value is -1.33. The lowest BCUT2D eigenvalue weighted by Crippen LogP contribution is -2.14. The molecule has 0 aliphatic heterocycles. The van der Waals surface area contributed by atoms with Crippen molar-refractivity contribution in [1.82, 2.24) is 4.90 Å². The van der Waals surface area contributed by atoms with E-state index in [0.29, 0.717) is 6.54 Å². The van der Waals surface area contributed by atoms with Crippen molar-refractivity contribution in [2.45, 2.75) is 13.2 Å². The first-order valence-electron chi connectivity index (χ1n) is 4.15. The van der Waals surface area contributed by atoms with Crippen LogP contribution in [0.25, 0.3) is 0 Å². The van der Waals surface area contributed by atoms with Gasteiger partial charge in [-0.3, -0.25) is 4.79 Å². The molecule has 1 aromatic heterocycles. The Morgan fingerprint density at radius 2 is 2.14 bits per heavy atom. The van der Waals surface area contributed by atoms with Crippen LogP contribution in [0.5, 0.6) is 5.75 Å². The molecule has 0 amide bonds. The minimum absolute atomic E-state index is 0.157. The lowest BCUT2D eigenvalue weighted by molar-refractivity contribution is 0.226. The van der Waals surface area contributed by atoms with E-state index in [1.807, 2.05) is 0 Å². The molecule has 1 heterocycles. The number of aromatic hydroxyl groups is 1. The molecule has 1 rings (SSSR count). The highest BCUT2D eigenvalue weighted by Crippen LogP contribution is 2.14. The van der Waals surface area contributed by atoms with Crippen LogP contribution in [0, 0.1) is 0 Å². The Morgan fingerprint density at radius 3 is 2.64 bits per heavy atom. The number of hydrogen-bond donors (Lipinski definition) is 2. The Bertz CT molecular complexity index is 370. The molecule has 0 unspecified atom stereocenters. The molecule has 0 atom stereocenters. The fourth-order valence-electron chi connectivity index (χ4n) is 1.06. The van der Waals surface area contributed by atoms with Crippen molar-refractivity contribution in [3.63, 3.8) is 0 Å². The molecular formula is C9H13NO4. The lowest BCUT2D eigenvalue weighted by atomic mass is 10.3. The van der Waals surface area contributed by atoms with Crippen molar-refractivity contribution in [1.29, 1.82) is 0 Å². The molecule has 0 spiro atoms. The van der Waals surface area contributed by atoms with Crippen LogP contribution >= 0.6 is 0 Å². The van der Waals surface area contributed by atoms with Crippen LogP contribution in [0.1, 0.15) is 11.5 Å². The molecule has 5 nitrogen and oxygen atoms in total. The standard InChI is InChI=1S/C9H13NO4/c1-10(2)4-8-9(13)7(12)3-6(5-11)14-8/h3,11,13H,4-5H2,1-2H3. The van der Waals surface area contributed by atoms with Gasteiger partial charge in [0.05, 0.1) is 6.54 Å². The quantitative estimate of drug-likeness (QED) is 0.711. The van der Waals surface area contributed by atoms with Crippen molar-refractivity contribution < 1.29 is 14.6 Å². The number of hydrogen-bond acceptors (Lipinski definition) is 5.